The van der Waals surface area contributed by atoms with Gasteiger partial charge in [-0.3, -0.25) is 0 Å². The molecule has 0 saturated heterocycles. The van der Waals surface area contributed by atoms with E-state index in [9.17, 15) is 0 Å². The number of nitrogens with zero attached hydrogens (tertiary/aromatic N) is 2. The van der Waals surface area contributed by atoms with Gasteiger partial charge in [-0.2, -0.15) is 0 Å². The maximum Gasteiger partial charge on any atom is 0.107 e. The Kier molecular flexibility index (Phi) is 3.72. The summed E-state index contributed by atoms with van der Waals surface area (Å²) in [4.78, 5) is 4.61. The van der Waals surface area contributed by atoms with Gasteiger partial charge >= 0.3 is 0 Å². The number of para-hydroxylation sites is 2. The molecule has 0 saturated carbocycles. The minimum Gasteiger partial charge on any atom is -0.324 e. The third-order valence-electron chi connectivity index (χ3n) is 3.52. The fraction of sp³-hybridized carbons (Fsp3) is 0.167. The van der Waals surface area contributed by atoms with Crippen molar-refractivity contribution in [1.29, 1.82) is 0 Å². The van der Waals surface area contributed by atoms with E-state index in [2.05, 4.69) is 33.5 Å². The second kappa shape index (κ2) is 5.82. The average Bonchev–Trinajstić information content (AvgIpc) is 2.82. The smallest absolute Gasteiger partial charge is 0.107 e. The van der Waals surface area contributed by atoms with Gasteiger partial charge in [0.1, 0.15) is 5.82 Å². The molecule has 3 aromatic rings. The Morgan fingerprint density at radius 3 is 2.71 bits per heavy atom. The Balaban J connectivity index is 2.05. The topological polar surface area (TPSA) is 43.8 Å². The van der Waals surface area contributed by atoms with E-state index in [0.717, 1.165) is 29.0 Å². The van der Waals surface area contributed by atoms with Crippen LogP contribution < -0.4 is 5.73 Å². The fourth-order valence-electron chi connectivity index (χ4n) is 2.49. The number of hydrogen-bond donors (Lipinski definition) is 1. The van der Waals surface area contributed by atoms with Gasteiger partial charge in [0.15, 0.2) is 0 Å². The van der Waals surface area contributed by atoms with Crippen LogP contribution >= 0.6 is 0 Å². The van der Waals surface area contributed by atoms with Gasteiger partial charge in [0.2, 0.25) is 0 Å². The molecule has 0 fully saturated rings. The predicted octanol–water partition coefficient (Wildman–Crippen LogP) is 2.70. The summed E-state index contributed by atoms with van der Waals surface area (Å²) in [6, 6.07) is 16.4. The van der Waals surface area contributed by atoms with Gasteiger partial charge in [0, 0.05) is 5.56 Å². The standard InChI is InChI=1S/C18H17N3/c1-14-20-17-10-4-5-11-18(17)21(14)13-16-8-3-2-7-15(16)9-6-12-19/h2-5,7-8,10-11H,12-13,19H2,1H3. The molecule has 0 aliphatic heterocycles. The van der Waals surface area contributed by atoms with Gasteiger partial charge in [-0.15, -0.1) is 0 Å². The molecule has 0 amide bonds. The van der Waals surface area contributed by atoms with Crippen molar-refractivity contribution in [2.45, 2.75) is 13.5 Å². The normalized spacial score (nSPS) is 10.4. The van der Waals surface area contributed by atoms with Crippen LogP contribution in [0.2, 0.25) is 0 Å². The average molecular weight is 275 g/mol. The maximum atomic E-state index is 5.47. The van der Waals surface area contributed by atoms with Gasteiger partial charge in [0.25, 0.3) is 0 Å². The molecule has 0 aliphatic carbocycles. The molecule has 2 aromatic carbocycles. The molecule has 0 aliphatic rings. The Morgan fingerprint density at radius 2 is 1.86 bits per heavy atom. The molecular weight excluding hydrogens is 258 g/mol. The van der Waals surface area contributed by atoms with E-state index >= 15 is 0 Å². The van der Waals surface area contributed by atoms with Crippen molar-refractivity contribution in [3.8, 4) is 11.8 Å². The van der Waals surface area contributed by atoms with Crippen molar-refractivity contribution < 1.29 is 0 Å². The molecule has 0 bridgehead atoms. The molecule has 1 heterocycles. The van der Waals surface area contributed by atoms with Crippen molar-refractivity contribution in [3.05, 3.63) is 65.5 Å². The molecule has 0 spiro atoms. The van der Waals surface area contributed by atoms with E-state index in [1.54, 1.807) is 0 Å². The lowest BCUT2D eigenvalue weighted by Crippen LogP contribution is -2.04. The molecule has 0 atom stereocenters. The van der Waals surface area contributed by atoms with Crippen LogP contribution in [0.1, 0.15) is 17.0 Å². The molecule has 0 unspecified atom stereocenters. The SMILES string of the molecule is Cc1nc2ccccc2n1Cc1ccccc1C#CCN. The first-order chi connectivity index (χ1) is 10.3. The van der Waals surface area contributed by atoms with Crippen LogP contribution in [0.3, 0.4) is 0 Å². The highest BCUT2D eigenvalue weighted by atomic mass is 15.1. The lowest BCUT2D eigenvalue weighted by molar-refractivity contribution is 0.784. The number of fused-ring (bicyclic) bond motifs is 1. The van der Waals surface area contributed by atoms with Gasteiger partial charge in [-0.25, -0.2) is 4.98 Å². The zero-order valence-electron chi connectivity index (χ0n) is 12.0. The molecule has 3 nitrogen and oxygen atoms in total. The van der Waals surface area contributed by atoms with Crippen LogP contribution in [0, 0.1) is 18.8 Å². The first kappa shape index (κ1) is 13.4. The molecule has 21 heavy (non-hydrogen) atoms. The lowest BCUT2D eigenvalue weighted by Gasteiger charge is -2.09. The third kappa shape index (κ3) is 2.67. The first-order valence-corrected chi connectivity index (χ1v) is 6.98. The van der Waals surface area contributed by atoms with E-state index in [1.807, 2.05) is 43.3 Å². The maximum absolute atomic E-state index is 5.47. The van der Waals surface area contributed by atoms with E-state index < -0.39 is 0 Å². The number of rotatable bonds is 2. The van der Waals surface area contributed by atoms with Crippen LogP contribution in [-0.4, -0.2) is 16.1 Å². The summed E-state index contributed by atoms with van der Waals surface area (Å²) in [5.41, 5.74) is 9.86. The number of nitrogens with two attached hydrogens (primary N) is 1. The summed E-state index contributed by atoms with van der Waals surface area (Å²) in [7, 11) is 0. The summed E-state index contributed by atoms with van der Waals surface area (Å²) >= 11 is 0. The summed E-state index contributed by atoms with van der Waals surface area (Å²) in [6.45, 7) is 3.18. The molecule has 2 N–H and O–H groups in total. The van der Waals surface area contributed by atoms with Gasteiger partial charge in [0.05, 0.1) is 24.1 Å². The van der Waals surface area contributed by atoms with Crippen molar-refractivity contribution in [2.75, 3.05) is 6.54 Å². The van der Waals surface area contributed by atoms with Crippen molar-refractivity contribution in [2.24, 2.45) is 5.73 Å². The van der Waals surface area contributed by atoms with E-state index in [1.165, 1.54) is 5.56 Å². The summed E-state index contributed by atoms with van der Waals surface area (Å²) < 4.78 is 2.22. The Hall–Kier alpha value is -2.57. The van der Waals surface area contributed by atoms with Gasteiger partial charge in [-0.05, 0) is 30.7 Å². The molecule has 0 radical (unpaired) electrons. The minimum atomic E-state index is 0.376. The van der Waals surface area contributed by atoms with Crippen LogP contribution in [-0.2, 0) is 6.54 Å². The zero-order valence-corrected chi connectivity index (χ0v) is 12.0. The summed E-state index contributed by atoms with van der Waals surface area (Å²) in [5.74, 6) is 7.09. The second-order valence-electron chi connectivity index (χ2n) is 4.90. The van der Waals surface area contributed by atoms with Crippen molar-refractivity contribution in [1.82, 2.24) is 9.55 Å². The first-order valence-electron chi connectivity index (χ1n) is 6.98. The zero-order chi connectivity index (χ0) is 14.7. The Morgan fingerprint density at radius 1 is 1.10 bits per heavy atom. The minimum absolute atomic E-state index is 0.376. The lowest BCUT2D eigenvalue weighted by atomic mass is 10.1. The van der Waals surface area contributed by atoms with Crippen LogP contribution in [0.15, 0.2) is 48.5 Å². The van der Waals surface area contributed by atoms with E-state index in [-0.39, 0.29) is 0 Å². The highest BCUT2D eigenvalue weighted by Crippen LogP contribution is 2.18. The fourth-order valence-corrected chi connectivity index (χ4v) is 2.49. The van der Waals surface area contributed by atoms with Gasteiger partial charge in [-0.1, -0.05) is 42.2 Å². The van der Waals surface area contributed by atoms with Crippen molar-refractivity contribution >= 4 is 11.0 Å². The predicted molar refractivity (Wildman–Crippen MR) is 85.9 cm³/mol. The van der Waals surface area contributed by atoms with Gasteiger partial charge < -0.3 is 10.3 Å². The number of hydrogen-bond acceptors (Lipinski definition) is 2. The van der Waals surface area contributed by atoms with Crippen molar-refractivity contribution in [3.63, 3.8) is 0 Å². The second-order valence-corrected chi connectivity index (χ2v) is 4.90. The largest absolute Gasteiger partial charge is 0.324 e. The molecule has 1 aromatic heterocycles. The molecule has 3 heteroatoms. The summed E-state index contributed by atoms with van der Waals surface area (Å²) in [6.07, 6.45) is 0. The van der Waals surface area contributed by atoms with Crippen LogP contribution in [0.5, 0.6) is 0 Å². The highest BCUT2D eigenvalue weighted by molar-refractivity contribution is 5.76. The monoisotopic (exact) mass is 275 g/mol. The van der Waals surface area contributed by atoms with E-state index in [4.69, 9.17) is 5.73 Å². The number of aromatic nitrogens is 2. The molecular formula is C18H17N3. The quantitative estimate of drug-likeness (QED) is 0.731. The number of imidazole rings is 1. The number of benzene rings is 2. The third-order valence-corrected chi connectivity index (χ3v) is 3.52. The van der Waals surface area contributed by atoms with Crippen LogP contribution in [0.25, 0.3) is 11.0 Å². The van der Waals surface area contributed by atoms with Crippen LogP contribution in [0.4, 0.5) is 0 Å². The molecule has 3 rings (SSSR count). The summed E-state index contributed by atoms with van der Waals surface area (Å²) in [5, 5.41) is 0. The Labute approximate surface area is 124 Å². The number of aryl methyl sites for hydroxylation is 1. The Bertz CT molecular complexity index is 834. The molecule has 104 valence electrons. The van der Waals surface area contributed by atoms with E-state index in [0.29, 0.717) is 6.54 Å². The highest BCUT2D eigenvalue weighted by Gasteiger charge is 2.08.